The molecule has 0 bridgehead atoms. The highest BCUT2D eigenvalue weighted by Gasteiger charge is 2.55. The molecule has 1 heterocycles. The van der Waals surface area contributed by atoms with Gasteiger partial charge in [0.1, 0.15) is 0 Å². The number of sulfonamides is 2. The van der Waals surface area contributed by atoms with Gasteiger partial charge in [0, 0.05) is 0 Å². The Hall–Kier alpha value is -0.600. The molecule has 14 heteroatoms. The number of hydrogen-bond donors (Lipinski definition) is 1. The number of nitrogens with zero attached hydrogens (tertiary/aromatic N) is 1. The molecule has 158 valence electrons. The number of unbranched alkanes of at least 4 members (excludes halogenated alkanes) is 1. The van der Waals surface area contributed by atoms with E-state index in [1.165, 1.54) is 56.2 Å². The van der Waals surface area contributed by atoms with Crippen LogP contribution in [0.1, 0.15) is 39.0 Å². The van der Waals surface area contributed by atoms with E-state index in [9.17, 15) is 43.2 Å². The van der Waals surface area contributed by atoms with E-state index in [4.69, 9.17) is 0 Å². The van der Waals surface area contributed by atoms with Crippen LogP contribution in [-0.2, 0) is 20.0 Å². The number of piperidine rings is 1. The van der Waals surface area contributed by atoms with Crippen LogP contribution in [0.2, 0.25) is 0 Å². The average Bonchev–Trinajstić information content (AvgIpc) is 2.43. The maximum Gasteiger partial charge on any atom is 0.512 e. The van der Waals surface area contributed by atoms with Gasteiger partial charge < -0.3 is 4.48 Å². The zero-order valence-corrected chi connectivity index (χ0v) is 16.0. The van der Waals surface area contributed by atoms with Gasteiger partial charge in [0.2, 0.25) is 0 Å². The van der Waals surface area contributed by atoms with E-state index < -0.39 is 35.2 Å². The summed E-state index contributed by atoms with van der Waals surface area (Å²) < 4.78 is 110. The molecule has 0 amide bonds. The lowest BCUT2D eigenvalue weighted by molar-refractivity contribution is -0.914. The first-order valence-electron chi connectivity index (χ1n) is 7.72. The summed E-state index contributed by atoms with van der Waals surface area (Å²) in [6, 6.07) is 0. The van der Waals surface area contributed by atoms with E-state index in [1.807, 2.05) is 0 Å². The highest BCUT2D eigenvalue weighted by Crippen LogP contribution is 2.27. The standard InChI is InChI=1S/C10H22N.C2HF6NO4S2/c1-3-4-8-11(2)9-6-5-7-10-11;3-1(4,5)14(10,11)9-15(12,13)2(6,7)8/h3-10H2,1-2H3;9H/q+1;. The van der Waals surface area contributed by atoms with E-state index in [1.54, 1.807) is 0 Å². The summed E-state index contributed by atoms with van der Waals surface area (Å²) in [5.41, 5.74) is -12.3. The Morgan fingerprint density at radius 3 is 1.54 bits per heavy atom. The van der Waals surface area contributed by atoms with Crippen molar-refractivity contribution in [3.63, 3.8) is 0 Å². The van der Waals surface area contributed by atoms with Gasteiger partial charge in [-0.1, -0.05) is 17.5 Å². The first-order valence-corrected chi connectivity index (χ1v) is 10.7. The Balaban J connectivity index is 0.000000502. The molecule has 1 fully saturated rings. The fraction of sp³-hybridized carbons (Fsp3) is 1.00. The van der Waals surface area contributed by atoms with Crippen LogP contribution in [0.5, 0.6) is 0 Å². The Morgan fingerprint density at radius 2 is 1.23 bits per heavy atom. The molecule has 0 spiro atoms. The van der Waals surface area contributed by atoms with Gasteiger partial charge in [0.15, 0.2) is 0 Å². The van der Waals surface area contributed by atoms with E-state index in [-0.39, 0.29) is 0 Å². The molecule has 1 saturated heterocycles. The Labute approximate surface area is 149 Å². The van der Waals surface area contributed by atoms with Crippen molar-refractivity contribution in [2.75, 3.05) is 26.7 Å². The fourth-order valence-corrected chi connectivity index (χ4v) is 4.19. The summed E-state index contributed by atoms with van der Waals surface area (Å²) in [5.74, 6) is 0. The summed E-state index contributed by atoms with van der Waals surface area (Å²) in [7, 11) is -10.8. The Morgan fingerprint density at radius 1 is 0.846 bits per heavy atom. The summed E-state index contributed by atoms with van der Waals surface area (Å²) in [4.78, 5) is 0. The lowest BCUT2D eigenvalue weighted by Gasteiger charge is -2.37. The van der Waals surface area contributed by atoms with Gasteiger partial charge in [0.25, 0.3) is 0 Å². The van der Waals surface area contributed by atoms with Crippen molar-refractivity contribution in [3.8, 4) is 0 Å². The monoisotopic (exact) mass is 437 g/mol. The first kappa shape index (κ1) is 25.4. The molecule has 0 atom stereocenters. The number of halogens is 6. The minimum Gasteiger partial charge on any atom is -0.326 e. The minimum atomic E-state index is -6.60. The second kappa shape index (κ2) is 9.06. The summed E-state index contributed by atoms with van der Waals surface area (Å²) >= 11 is 0. The molecule has 0 saturated carbocycles. The van der Waals surface area contributed by atoms with Crippen LogP contribution >= 0.6 is 0 Å². The number of quaternary nitrogens is 1. The van der Waals surface area contributed by atoms with Gasteiger partial charge in [-0.15, -0.1) is 0 Å². The van der Waals surface area contributed by atoms with Crippen molar-refractivity contribution < 1.29 is 47.7 Å². The third kappa shape index (κ3) is 7.96. The number of alkyl halides is 6. The van der Waals surface area contributed by atoms with Gasteiger partial charge >= 0.3 is 31.1 Å². The molecule has 1 aliphatic rings. The number of likely N-dealkylation sites (tertiary alicyclic amines) is 1. The highest BCUT2D eigenvalue weighted by atomic mass is 32.3. The maximum absolute atomic E-state index is 11.5. The molecule has 0 aromatic carbocycles. The topological polar surface area (TPSA) is 80.3 Å². The van der Waals surface area contributed by atoms with Crippen molar-refractivity contribution in [1.29, 1.82) is 0 Å². The van der Waals surface area contributed by atoms with E-state index >= 15 is 0 Å². The quantitative estimate of drug-likeness (QED) is 0.530. The van der Waals surface area contributed by atoms with E-state index in [0.29, 0.717) is 0 Å². The van der Waals surface area contributed by atoms with Crippen LogP contribution in [0.3, 0.4) is 0 Å². The van der Waals surface area contributed by atoms with Crippen molar-refractivity contribution in [3.05, 3.63) is 0 Å². The van der Waals surface area contributed by atoms with Crippen molar-refractivity contribution >= 4 is 20.0 Å². The molecule has 0 aliphatic carbocycles. The Kier molecular flexibility index (Phi) is 8.85. The molecular weight excluding hydrogens is 414 g/mol. The lowest BCUT2D eigenvalue weighted by Crippen LogP contribution is -2.48. The van der Waals surface area contributed by atoms with Crippen LogP contribution in [0, 0.1) is 0 Å². The van der Waals surface area contributed by atoms with Crippen LogP contribution in [0.15, 0.2) is 0 Å². The van der Waals surface area contributed by atoms with Crippen molar-refractivity contribution in [2.24, 2.45) is 0 Å². The summed E-state index contributed by atoms with van der Waals surface area (Å²) in [5, 5.41) is 0. The zero-order chi connectivity index (χ0) is 20.9. The molecule has 26 heavy (non-hydrogen) atoms. The molecule has 0 unspecified atom stereocenters. The molecule has 0 aromatic heterocycles. The predicted octanol–water partition coefficient (Wildman–Crippen LogP) is 2.69. The molecule has 6 nitrogen and oxygen atoms in total. The molecule has 1 rings (SSSR count). The third-order valence-corrected chi connectivity index (χ3v) is 6.75. The van der Waals surface area contributed by atoms with Gasteiger partial charge in [-0.25, -0.2) is 16.8 Å². The minimum absolute atomic E-state index is 0.493. The largest absolute Gasteiger partial charge is 0.512 e. The second-order valence-electron chi connectivity index (χ2n) is 6.19. The average molecular weight is 437 g/mol. The van der Waals surface area contributed by atoms with Gasteiger partial charge in [-0.05, 0) is 25.7 Å². The van der Waals surface area contributed by atoms with Crippen LogP contribution in [0.25, 0.3) is 0 Å². The highest BCUT2D eigenvalue weighted by molar-refractivity contribution is 8.05. The van der Waals surface area contributed by atoms with Crippen molar-refractivity contribution in [1.82, 2.24) is 4.13 Å². The van der Waals surface area contributed by atoms with Crippen LogP contribution in [0.4, 0.5) is 26.3 Å². The summed E-state index contributed by atoms with van der Waals surface area (Å²) in [6.45, 7) is 6.56. The molecular formula is C12H23F6N2O4S2+. The third-order valence-electron chi connectivity index (χ3n) is 3.78. The van der Waals surface area contributed by atoms with Gasteiger partial charge in [0.05, 0.1) is 26.7 Å². The van der Waals surface area contributed by atoms with Crippen LogP contribution in [-0.4, -0.2) is 59.0 Å². The van der Waals surface area contributed by atoms with Gasteiger partial charge in [-0.2, -0.15) is 26.3 Å². The van der Waals surface area contributed by atoms with Crippen LogP contribution < -0.4 is 4.13 Å². The first-order chi connectivity index (χ1) is 11.5. The fourth-order valence-electron chi connectivity index (χ4n) is 2.28. The zero-order valence-electron chi connectivity index (χ0n) is 14.3. The second-order valence-corrected chi connectivity index (χ2v) is 9.79. The normalized spacial score (nSPS) is 18.8. The van der Waals surface area contributed by atoms with E-state index in [0.717, 1.165) is 0 Å². The number of hydrogen-bond acceptors (Lipinski definition) is 4. The smallest absolute Gasteiger partial charge is 0.326 e. The molecule has 1 aliphatic heterocycles. The van der Waals surface area contributed by atoms with Gasteiger partial charge in [-0.3, -0.25) is 0 Å². The SMILES string of the molecule is CCCC[N+]1(C)CCCCC1.O=S(=O)(NS(=O)(=O)C(F)(F)F)C(F)(F)F. The Bertz CT molecular complexity index is 596. The van der Waals surface area contributed by atoms with Crippen molar-refractivity contribution in [2.45, 2.75) is 50.0 Å². The maximum atomic E-state index is 11.5. The number of rotatable bonds is 5. The van der Waals surface area contributed by atoms with E-state index in [2.05, 4.69) is 14.0 Å². The molecule has 0 radical (unpaired) electrons. The lowest BCUT2D eigenvalue weighted by atomic mass is 10.1. The predicted molar refractivity (Wildman–Crippen MR) is 82.6 cm³/mol. The summed E-state index contributed by atoms with van der Waals surface area (Å²) in [6.07, 6.45) is 7.16. The molecule has 1 N–H and O–H groups in total. The number of nitrogens with one attached hydrogen (secondary N) is 1. The molecule has 0 aromatic rings.